The van der Waals surface area contributed by atoms with Gasteiger partial charge in [0.25, 0.3) is 0 Å². The van der Waals surface area contributed by atoms with Crippen molar-refractivity contribution >= 4 is 11.6 Å². The van der Waals surface area contributed by atoms with Crippen LogP contribution in [0.2, 0.25) is 5.02 Å². The maximum atomic E-state index is 6.23. The summed E-state index contributed by atoms with van der Waals surface area (Å²) < 4.78 is 5.22. The van der Waals surface area contributed by atoms with Gasteiger partial charge in [-0.2, -0.15) is 0 Å². The summed E-state index contributed by atoms with van der Waals surface area (Å²) in [5.74, 6) is 1.58. The molecule has 3 saturated heterocycles. The van der Waals surface area contributed by atoms with E-state index in [-0.39, 0.29) is 0 Å². The molecule has 0 N–H and O–H groups in total. The Morgan fingerprint density at radius 1 is 1.25 bits per heavy atom. The van der Waals surface area contributed by atoms with E-state index >= 15 is 0 Å². The molecule has 1 aromatic rings. The molecule has 0 aliphatic carbocycles. The molecule has 3 fully saturated rings. The minimum atomic E-state index is 0.694. The third-order valence-electron chi connectivity index (χ3n) is 4.61. The van der Waals surface area contributed by atoms with Crippen LogP contribution in [0.3, 0.4) is 0 Å². The molecular formula is C16H23ClN2O. The number of rotatable bonds is 3. The lowest BCUT2D eigenvalue weighted by Crippen LogP contribution is -2.43. The fourth-order valence-corrected chi connectivity index (χ4v) is 3.93. The molecule has 110 valence electrons. The third-order valence-corrected chi connectivity index (χ3v) is 4.91. The van der Waals surface area contributed by atoms with Gasteiger partial charge >= 0.3 is 0 Å². The monoisotopic (exact) mass is 294 g/mol. The van der Waals surface area contributed by atoms with E-state index in [2.05, 4.69) is 22.9 Å². The van der Waals surface area contributed by atoms with E-state index < -0.39 is 0 Å². The van der Waals surface area contributed by atoms with Crippen LogP contribution in [0.25, 0.3) is 0 Å². The second-order valence-electron chi connectivity index (χ2n) is 6.22. The summed E-state index contributed by atoms with van der Waals surface area (Å²) in [7, 11) is 3.91. The van der Waals surface area contributed by atoms with Crippen LogP contribution in [0, 0.1) is 5.92 Å². The molecule has 1 aromatic carbocycles. The Balaban J connectivity index is 1.73. The van der Waals surface area contributed by atoms with Gasteiger partial charge in [0, 0.05) is 32.2 Å². The Morgan fingerprint density at radius 3 is 2.85 bits per heavy atom. The molecular weight excluding hydrogens is 272 g/mol. The molecule has 0 amide bonds. The van der Waals surface area contributed by atoms with Gasteiger partial charge in [0.05, 0.1) is 12.1 Å². The van der Waals surface area contributed by atoms with Crippen molar-refractivity contribution < 1.29 is 4.74 Å². The molecule has 3 aliphatic heterocycles. The minimum absolute atomic E-state index is 0.694. The van der Waals surface area contributed by atoms with Crippen molar-refractivity contribution in [1.82, 2.24) is 9.80 Å². The standard InChI is InChI=1S/C16H23ClN2O/c1-18-8-13-3-5-14(11-18)19(10-13)9-12-4-6-16(20-2)15(17)7-12/h4,6-7,13-14H,3,5,8-11H2,1-2H3/t13-,14+/m1/s1. The number of fused-ring (bicyclic) bond motifs is 4. The predicted molar refractivity (Wildman–Crippen MR) is 82.4 cm³/mol. The van der Waals surface area contributed by atoms with Gasteiger partial charge in [-0.3, -0.25) is 4.90 Å². The van der Waals surface area contributed by atoms with Gasteiger partial charge in [-0.25, -0.2) is 0 Å². The first kappa shape index (κ1) is 14.2. The largest absolute Gasteiger partial charge is 0.495 e. The average Bonchev–Trinajstić information content (AvgIpc) is 2.68. The molecule has 2 bridgehead atoms. The first-order valence-corrected chi connectivity index (χ1v) is 7.78. The number of hydrogen-bond acceptors (Lipinski definition) is 3. The number of likely N-dealkylation sites (N-methyl/N-ethyl adjacent to an activating group) is 1. The van der Waals surface area contributed by atoms with Crippen LogP contribution < -0.4 is 4.74 Å². The number of halogens is 1. The van der Waals surface area contributed by atoms with E-state index in [1.165, 1.54) is 38.0 Å². The van der Waals surface area contributed by atoms with Crippen LogP contribution in [0.1, 0.15) is 18.4 Å². The Kier molecular flexibility index (Phi) is 4.20. The summed E-state index contributed by atoms with van der Waals surface area (Å²) in [5, 5.41) is 0.710. The van der Waals surface area contributed by atoms with Crippen molar-refractivity contribution in [3.05, 3.63) is 28.8 Å². The van der Waals surface area contributed by atoms with Gasteiger partial charge in [0.2, 0.25) is 0 Å². The molecule has 0 spiro atoms. The van der Waals surface area contributed by atoms with Gasteiger partial charge in [-0.15, -0.1) is 0 Å². The van der Waals surface area contributed by atoms with E-state index in [1.54, 1.807) is 7.11 Å². The molecule has 4 heteroatoms. The zero-order valence-electron chi connectivity index (χ0n) is 12.3. The zero-order chi connectivity index (χ0) is 14.1. The van der Waals surface area contributed by atoms with Crippen molar-refractivity contribution in [2.45, 2.75) is 25.4 Å². The Bertz CT molecular complexity index is 480. The topological polar surface area (TPSA) is 15.7 Å². The fourth-order valence-electron chi connectivity index (χ4n) is 3.65. The summed E-state index contributed by atoms with van der Waals surface area (Å²) >= 11 is 6.23. The molecule has 20 heavy (non-hydrogen) atoms. The highest BCUT2D eigenvalue weighted by Crippen LogP contribution is 2.30. The van der Waals surface area contributed by atoms with E-state index in [0.717, 1.165) is 18.2 Å². The molecule has 2 atom stereocenters. The van der Waals surface area contributed by atoms with E-state index in [4.69, 9.17) is 16.3 Å². The molecule has 0 aromatic heterocycles. The lowest BCUT2D eigenvalue weighted by Gasteiger charge is -2.36. The van der Waals surface area contributed by atoms with Gasteiger partial charge in [-0.05, 0) is 43.5 Å². The van der Waals surface area contributed by atoms with E-state index in [9.17, 15) is 0 Å². The van der Waals surface area contributed by atoms with Gasteiger partial charge in [0.1, 0.15) is 5.75 Å². The molecule has 3 heterocycles. The van der Waals surface area contributed by atoms with Crippen LogP contribution in [-0.4, -0.2) is 49.6 Å². The smallest absolute Gasteiger partial charge is 0.137 e. The highest BCUT2D eigenvalue weighted by molar-refractivity contribution is 6.32. The SMILES string of the molecule is COc1ccc(CN2C[C@@H]3CC[C@H]2CN(C)C3)cc1Cl. The van der Waals surface area contributed by atoms with E-state index in [1.807, 2.05) is 12.1 Å². The predicted octanol–water partition coefficient (Wildman–Crippen LogP) is 2.87. The Hall–Kier alpha value is -0.770. The molecule has 3 aliphatic rings. The van der Waals surface area contributed by atoms with Crippen LogP contribution in [0.5, 0.6) is 5.75 Å². The van der Waals surface area contributed by atoms with Gasteiger partial charge in [-0.1, -0.05) is 17.7 Å². The van der Waals surface area contributed by atoms with Gasteiger partial charge in [0.15, 0.2) is 0 Å². The summed E-state index contributed by atoms with van der Waals surface area (Å²) in [6.07, 6.45) is 2.72. The van der Waals surface area contributed by atoms with Crippen LogP contribution >= 0.6 is 11.6 Å². The number of hydrogen-bond donors (Lipinski definition) is 0. The molecule has 4 rings (SSSR count). The number of nitrogens with zero attached hydrogens (tertiary/aromatic N) is 2. The molecule has 0 radical (unpaired) electrons. The van der Waals surface area contributed by atoms with Crippen molar-refractivity contribution in [3.63, 3.8) is 0 Å². The number of benzene rings is 1. The first-order valence-electron chi connectivity index (χ1n) is 7.40. The second-order valence-corrected chi connectivity index (χ2v) is 6.62. The van der Waals surface area contributed by atoms with Crippen LogP contribution in [-0.2, 0) is 6.54 Å². The summed E-state index contributed by atoms with van der Waals surface area (Å²) in [6, 6.07) is 6.84. The first-order chi connectivity index (χ1) is 9.65. The number of piperidine rings is 1. The van der Waals surface area contributed by atoms with Crippen molar-refractivity contribution in [1.29, 1.82) is 0 Å². The quantitative estimate of drug-likeness (QED) is 0.852. The fraction of sp³-hybridized carbons (Fsp3) is 0.625. The van der Waals surface area contributed by atoms with E-state index in [0.29, 0.717) is 11.1 Å². The van der Waals surface area contributed by atoms with Crippen molar-refractivity contribution in [2.24, 2.45) is 5.92 Å². The van der Waals surface area contributed by atoms with Crippen LogP contribution in [0.4, 0.5) is 0 Å². The molecule has 3 nitrogen and oxygen atoms in total. The minimum Gasteiger partial charge on any atom is -0.495 e. The lowest BCUT2D eigenvalue weighted by molar-refractivity contribution is 0.124. The summed E-state index contributed by atoms with van der Waals surface area (Å²) in [6.45, 7) is 4.66. The second kappa shape index (κ2) is 5.92. The summed E-state index contributed by atoms with van der Waals surface area (Å²) in [4.78, 5) is 5.12. The van der Waals surface area contributed by atoms with Gasteiger partial charge < -0.3 is 9.64 Å². The zero-order valence-corrected chi connectivity index (χ0v) is 13.1. The maximum Gasteiger partial charge on any atom is 0.137 e. The van der Waals surface area contributed by atoms with Crippen molar-refractivity contribution in [2.75, 3.05) is 33.8 Å². The molecule has 0 unspecified atom stereocenters. The maximum absolute atomic E-state index is 6.23. The number of ether oxygens (including phenoxy) is 1. The van der Waals surface area contributed by atoms with Crippen molar-refractivity contribution in [3.8, 4) is 5.75 Å². The Labute approximate surface area is 126 Å². The third kappa shape index (κ3) is 2.95. The summed E-state index contributed by atoms with van der Waals surface area (Å²) in [5.41, 5.74) is 1.28. The highest BCUT2D eigenvalue weighted by atomic mass is 35.5. The lowest BCUT2D eigenvalue weighted by atomic mass is 9.94. The highest BCUT2D eigenvalue weighted by Gasteiger charge is 2.33. The Morgan fingerprint density at radius 2 is 2.10 bits per heavy atom. The normalized spacial score (nSPS) is 27.6. The number of methoxy groups -OCH3 is 1. The molecule has 0 saturated carbocycles. The average molecular weight is 295 g/mol. The van der Waals surface area contributed by atoms with Crippen LogP contribution in [0.15, 0.2) is 18.2 Å².